The van der Waals surface area contributed by atoms with Crippen LogP contribution in [0.3, 0.4) is 0 Å². The van der Waals surface area contributed by atoms with Crippen LogP contribution in [-0.4, -0.2) is 31.0 Å². The van der Waals surface area contributed by atoms with E-state index in [1.165, 1.54) is 7.11 Å². The lowest BCUT2D eigenvalue weighted by atomic mass is 9.73. The Morgan fingerprint density at radius 3 is 2.52 bits per heavy atom. The lowest BCUT2D eigenvalue weighted by molar-refractivity contribution is -0.122. The number of methoxy groups -OCH3 is 2. The molecule has 0 bridgehead atoms. The van der Waals surface area contributed by atoms with E-state index in [0.717, 1.165) is 16.9 Å². The van der Waals surface area contributed by atoms with Gasteiger partial charge in [-0.15, -0.1) is 0 Å². The maximum atomic E-state index is 13.1. The molecule has 29 heavy (non-hydrogen) atoms. The Morgan fingerprint density at radius 2 is 1.79 bits per heavy atom. The smallest absolute Gasteiger partial charge is 0.225 e. The summed E-state index contributed by atoms with van der Waals surface area (Å²) in [6.07, 6.45) is 1.14. The molecular formula is C23H23NO5. The molecule has 0 aromatic heterocycles. The zero-order valence-corrected chi connectivity index (χ0v) is 16.4. The first-order valence-electron chi connectivity index (χ1n) is 9.57. The number of nitrogens with one attached hydrogen (secondary N) is 1. The molecule has 0 saturated heterocycles. The summed E-state index contributed by atoms with van der Waals surface area (Å²) in [5, 5.41) is 13.1. The Balaban J connectivity index is 1.70. The van der Waals surface area contributed by atoms with Gasteiger partial charge in [0.2, 0.25) is 5.91 Å². The van der Waals surface area contributed by atoms with Crippen LogP contribution < -0.4 is 14.8 Å². The van der Waals surface area contributed by atoms with E-state index in [1.54, 1.807) is 25.3 Å². The monoisotopic (exact) mass is 393 g/mol. The number of aromatic hydroxyl groups is 1. The van der Waals surface area contributed by atoms with Gasteiger partial charge in [-0.1, -0.05) is 18.2 Å². The molecule has 2 aromatic carbocycles. The van der Waals surface area contributed by atoms with Crippen LogP contribution in [-0.2, 0) is 9.59 Å². The second-order valence-electron chi connectivity index (χ2n) is 7.43. The number of ether oxygens (including phenoxy) is 2. The minimum Gasteiger partial charge on any atom is -0.504 e. The molecule has 1 aliphatic carbocycles. The summed E-state index contributed by atoms with van der Waals surface area (Å²) < 4.78 is 10.4. The molecule has 150 valence electrons. The molecule has 1 heterocycles. The van der Waals surface area contributed by atoms with E-state index in [-0.39, 0.29) is 35.7 Å². The van der Waals surface area contributed by atoms with Crippen molar-refractivity contribution >= 4 is 11.7 Å². The number of hydrogen-bond acceptors (Lipinski definition) is 5. The van der Waals surface area contributed by atoms with Crippen molar-refractivity contribution in [3.05, 3.63) is 64.9 Å². The van der Waals surface area contributed by atoms with Gasteiger partial charge in [-0.25, -0.2) is 0 Å². The Morgan fingerprint density at radius 1 is 0.966 bits per heavy atom. The zero-order chi connectivity index (χ0) is 20.5. The van der Waals surface area contributed by atoms with Gasteiger partial charge >= 0.3 is 0 Å². The number of ketones is 1. The fraction of sp³-hybridized carbons (Fsp3) is 0.304. The highest BCUT2D eigenvalue weighted by Crippen LogP contribution is 2.44. The third kappa shape index (κ3) is 3.58. The summed E-state index contributed by atoms with van der Waals surface area (Å²) in [6, 6.07) is 12.7. The minimum atomic E-state index is -0.366. The maximum absolute atomic E-state index is 13.1. The van der Waals surface area contributed by atoms with Gasteiger partial charge in [0.1, 0.15) is 5.75 Å². The van der Waals surface area contributed by atoms with Gasteiger partial charge in [0, 0.05) is 30.0 Å². The molecule has 0 fully saturated rings. The van der Waals surface area contributed by atoms with E-state index >= 15 is 0 Å². The average Bonchev–Trinajstić information content (AvgIpc) is 2.72. The van der Waals surface area contributed by atoms with E-state index in [1.807, 2.05) is 24.3 Å². The number of carbonyl (C=O) groups excluding carboxylic acids is 2. The molecule has 0 saturated carbocycles. The molecule has 0 unspecified atom stereocenters. The van der Waals surface area contributed by atoms with Crippen molar-refractivity contribution in [1.82, 2.24) is 5.32 Å². The average molecular weight is 393 g/mol. The van der Waals surface area contributed by atoms with Gasteiger partial charge in [-0.3, -0.25) is 9.59 Å². The van der Waals surface area contributed by atoms with Crippen LogP contribution in [0.15, 0.2) is 53.7 Å². The topological polar surface area (TPSA) is 84.9 Å². The van der Waals surface area contributed by atoms with Crippen LogP contribution in [0, 0.1) is 0 Å². The standard InChI is InChI=1S/C23H23NO5/c1-28-16-5-3-4-13(8-16)15-9-18-23(20(26)11-15)17(12-22(27)24-18)14-6-7-21(29-2)19(25)10-14/h3-8,10,15,17,25H,9,11-12H2,1-2H3,(H,24,27)/t15-,17-/m1/s1. The molecule has 6 nitrogen and oxygen atoms in total. The summed E-state index contributed by atoms with van der Waals surface area (Å²) in [6.45, 7) is 0. The van der Waals surface area contributed by atoms with E-state index in [4.69, 9.17) is 9.47 Å². The largest absolute Gasteiger partial charge is 0.504 e. The predicted octanol–water partition coefficient (Wildman–Crippen LogP) is 3.41. The van der Waals surface area contributed by atoms with E-state index in [9.17, 15) is 14.7 Å². The number of hydrogen-bond donors (Lipinski definition) is 2. The normalized spacial score (nSPS) is 21.4. The minimum absolute atomic E-state index is 0.00403. The second kappa shape index (κ2) is 7.62. The summed E-state index contributed by atoms with van der Waals surface area (Å²) in [5.41, 5.74) is 3.08. The fourth-order valence-corrected chi connectivity index (χ4v) is 4.30. The van der Waals surface area contributed by atoms with Crippen molar-refractivity contribution in [2.45, 2.75) is 31.1 Å². The van der Waals surface area contributed by atoms with E-state index < -0.39 is 0 Å². The number of phenolic OH excluding ortho intramolecular Hbond substituents is 1. The Bertz CT molecular complexity index is 1010. The quantitative estimate of drug-likeness (QED) is 0.832. The highest BCUT2D eigenvalue weighted by molar-refractivity contribution is 6.02. The van der Waals surface area contributed by atoms with Crippen molar-refractivity contribution in [2.75, 3.05) is 14.2 Å². The summed E-state index contributed by atoms with van der Waals surface area (Å²) in [5.74, 6) is 0.623. The van der Waals surface area contributed by atoms with Crippen LogP contribution in [0.4, 0.5) is 0 Å². The van der Waals surface area contributed by atoms with E-state index in [0.29, 0.717) is 29.9 Å². The number of carbonyl (C=O) groups is 2. The lowest BCUT2D eigenvalue weighted by Gasteiger charge is -2.34. The molecule has 2 aromatic rings. The predicted molar refractivity (Wildman–Crippen MR) is 107 cm³/mol. The van der Waals surface area contributed by atoms with Gasteiger partial charge < -0.3 is 19.9 Å². The van der Waals surface area contributed by atoms with Gasteiger partial charge in [0.25, 0.3) is 0 Å². The van der Waals surface area contributed by atoms with Crippen LogP contribution in [0.2, 0.25) is 0 Å². The molecule has 1 aliphatic heterocycles. The first-order chi connectivity index (χ1) is 14.0. The molecule has 2 N–H and O–H groups in total. The van der Waals surface area contributed by atoms with Crippen LogP contribution in [0.1, 0.15) is 42.2 Å². The highest BCUT2D eigenvalue weighted by atomic mass is 16.5. The number of amides is 1. The van der Waals surface area contributed by atoms with Crippen LogP contribution in [0.5, 0.6) is 17.2 Å². The molecule has 2 atom stereocenters. The van der Waals surface area contributed by atoms with Gasteiger partial charge in [0.15, 0.2) is 17.3 Å². The summed E-state index contributed by atoms with van der Waals surface area (Å²) in [7, 11) is 3.09. The first kappa shape index (κ1) is 19.1. The van der Waals surface area contributed by atoms with Gasteiger partial charge in [0.05, 0.1) is 14.2 Å². The second-order valence-corrected chi connectivity index (χ2v) is 7.43. The van der Waals surface area contributed by atoms with Crippen molar-refractivity contribution in [3.8, 4) is 17.2 Å². The van der Waals surface area contributed by atoms with Crippen molar-refractivity contribution in [2.24, 2.45) is 0 Å². The first-order valence-corrected chi connectivity index (χ1v) is 9.57. The summed E-state index contributed by atoms with van der Waals surface area (Å²) in [4.78, 5) is 25.5. The fourth-order valence-electron chi connectivity index (χ4n) is 4.30. The molecule has 1 amide bonds. The molecular weight excluding hydrogens is 370 g/mol. The molecule has 0 radical (unpaired) electrons. The number of phenols is 1. The van der Waals surface area contributed by atoms with Crippen LogP contribution in [0.25, 0.3) is 0 Å². The number of rotatable bonds is 4. The Kier molecular flexibility index (Phi) is 5.01. The Hall–Kier alpha value is -3.28. The number of allylic oxidation sites excluding steroid dienone is 2. The molecule has 0 spiro atoms. The van der Waals surface area contributed by atoms with Crippen molar-refractivity contribution < 1.29 is 24.2 Å². The zero-order valence-electron chi connectivity index (χ0n) is 16.4. The number of Topliss-reactive ketones (excluding diaryl/α,β-unsaturated/α-hetero) is 1. The third-order valence-corrected chi connectivity index (χ3v) is 5.71. The molecule has 6 heteroatoms. The SMILES string of the molecule is COc1cccc([C@H]2CC(=O)C3=C(C2)NC(=O)C[C@@H]3c2ccc(OC)c(O)c2)c1. The van der Waals surface area contributed by atoms with Gasteiger partial charge in [-0.05, 0) is 47.7 Å². The molecule has 2 aliphatic rings. The highest BCUT2D eigenvalue weighted by Gasteiger charge is 2.38. The lowest BCUT2D eigenvalue weighted by Crippen LogP contribution is -2.38. The van der Waals surface area contributed by atoms with Crippen molar-refractivity contribution in [3.63, 3.8) is 0 Å². The van der Waals surface area contributed by atoms with E-state index in [2.05, 4.69) is 5.32 Å². The molecule has 4 rings (SSSR count). The third-order valence-electron chi connectivity index (χ3n) is 5.71. The Labute approximate surface area is 169 Å². The summed E-state index contributed by atoms with van der Waals surface area (Å²) >= 11 is 0. The van der Waals surface area contributed by atoms with Gasteiger partial charge in [-0.2, -0.15) is 0 Å². The van der Waals surface area contributed by atoms with Crippen LogP contribution >= 0.6 is 0 Å². The number of benzene rings is 2. The maximum Gasteiger partial charge on any atom is 0.225 e. The van der Waals surface area contributed by atoms with Crippen molar-refractivity contribution in [1.29, 1.82) is 0 Å².